The summed E-state index contributed by atoms with van der Waals surface area (Å²) in [5, 5.41) is 14.4. The number of rotatable bonds is 9. The van der Waals surface area contributed by atoms with Crippen molar-refractivity contribution in [1.29, 1.82) is 0 Å². The molecule has 0 bridgehead atoms. The fourth-order valence-electron chi connectivity index (χ4n) is 3.28. The molecule has 32 heavy (non-hydrogen) atoms. The van der Waals surface area contributed by atoms with Crippen LogP contribution in [0.1, 0.15) is 22.0 Å². The number of hydrogen-bond donors (Lipinski definition) is 1. The molecule has 0 aliphatic carbocycles. The number of furan rings is 1. The molecule has 1 amide bonds. The number of nitrogens with zero attached hydrogens (tertiary/aromatic N) is 3. The lowest BCUT2D eigenvalue weighted by atomic mass is 10.2. The van der Waals surface area contributed by atoms with Gasteiger partial charge in [0, 0.05) is 17.8 Å². The van der Waals surface area contributed by atoms with Gasteiger partial charge in [0.15, 0.2) is 16.7 Å². The van der Waals surface area contributed by atoms with Gasteiger partial charge >= 0.3 is 0 Å². The predicted octanol–water partition coefficient (Wildman–Crippen LogP) is 3.71. The van der Waals surface area contributed by atoms with Gasteiger partial charge in [-0.15, -0.1) is 21.5 Å². The fraction of sp³-hybridized carbons (Fsp3) is 0.227. The predicted molar refractivity (Wildman–Crippen MR) is 120 cm³/mol. The standard InChI is InChI=1S/C22H20N4O4S2/c27-21(23-11-15-5-6-18-19(9-15)30-14-29-18)13-32-22-25-24-20(10-17-4-2-8-31-17)26(22)12-16-3-1-7-28-16/h1-9H,10-14H2,(H,23,27). The first kappa shape index (κ1) is 20.7. The number of amides is 1. The number of carbonyl (C=O) groups is 1. The molecule has 4 aromatic rings. The smallest absolute Gasteiger partial charge is 0.231 e. The van der Waals surface area contributed by atoms with E-state index >= 15 is 0 Å². The first-order chi connectivity index (χ1) is 15.7. The number of carbonyl (C=O) groups excluding carboxylic acids is 1. The second-order valence-corrected chi connectivity index (χ2v) is 9.05. The fourth-order valence-corrected chi connectivity index (χ4v) is 4.76. The van der Waals surface area contributed by atoms with E-state index in [1.54, 1.807) is 17.6 Å². The molecule has 10 heteroatoms. The maximum absolute atomic E-state index is 12.5. The minimum atomic E-state index is -0.0833. The molecule has 4 heterocycles. The van der Waals surface area contributed by atoms with E-state index in [-0.39, 0.29) is 18.5 Å². The molecule has 0 saturated heterocycles. The first-order valence-electron chi connectivity index (χ1n) is 9.99. The zero-order chi connectivity index (χ0) is 21.8. The van der Waals surface area contributed by atoms with Crippen molar-refractivity contribution >= 4 is 29.0 Å². The quantitative estimate of drug-likeness (QED) is 0.375. The number of nitrogens with one attached hydrogen (secondary N) is 1. The van der Waals surface area contributed by atoms with Gasteiger partial charge in [-0.2, -0.15) is 0 Å². The zero-order valence-electron chi connectivity index (χ0n) is 17.0. The Morgan fingerprint density at radius 3 is 2.94 bits per heavy atom. The first-order valence-corrected chi connectivity index (χ1v) is 11.9. The summed E-state index contributed by atoms with van der Waals surface area (Å²) >= 11 is 3.04. The van der Waals surface area contributed by atoms with E-state index in [0.717, 1.165) is 22.9 Å². The van der Waals surface area contributed by atoms with Gasteiger partial charge in [0.05, 0.1) is 18.6 Å². The number of aromatic nitrogens is 3. The maximum Gasteiger partial charge on any atom is 0.231 e. The average molecular weight is 469 g/mol. The molecule has 0 spiro atoms. The van der Waals surface area contributed by atoms with Crippen LogP contribution in [0.4, 0.5) is 0 Å². The van der Waals surface area contributed by atoms with Crippen LogP contribution >= 0.6 is 23.1 Å². The molecule has 0 unspecified atom stereocenters. The van der Waals surface area contributed by atoms with Crippen molar-refractivity contribution in [3.8, 4) is 11.5 Å². The van der Waals surface area contributed by atoms with Gasteiger partial charge < -0.3 is 19.2 Å². The number of thioether (sulfide) groups is 1. The van der Waals surface area contributed by atoms with Crippen LogP contribution in [0.2, 0.25) is 0 Å². The molecule has 0 radical (unpaired) electrons. The molecule has 1 aromatic carbocycles. The number of hydrogen-bond acceptors (Lipinski definition) is 8. The van der Waals surface area contributed by atoms with E-state index in [2.05, 4.69) is 21.6 Å². The van der Waals surface area contributed by atoms with Gasteiger partial charge in [0.25, 0.3) is 0 Å². The topological polar surface area (TPSA) is 91.4 Å². The van der Waals surface area contributed by atoms with Crippen molar-refractivity contribution in [2.45, 2.75) is 24.7 Å². The van der Waals surface area contributed by atoms with Gasteiger partial charge in [-0.3, -0.25) is 9.36 Å². The molecule has 0 atom stereocenters. The summed E-state index contributed by atoms with van der Waals surface area (Å²) in [6.45, 7) is 1.16. The van der Waals surface area contributed by atoms with E-state index in [0.29, 0.717) is 30.4 Å². The lowest BCUT2D eigenvalue weighted by Gasteiger charge is -2.09. The Balaban J connectivity index is 1.22. The Kier molecular flexibility index (Phi) is 6.13. The van der Waals surface area contributed by atoms with Crippen LogP contribution in [-0.4, -0.2) is 33.2 Å². The number of benzene rings is 1. The Hall–Kier alpha value is -3.24. The third-order valence-electron chi connectivity index (χ3n) is 4.86. The second-order valence-electron chi connectivity index (χ2n) is 7.07. The van der Waals surface area contributed by atoms with Crippen LogP contribution in [0, 0.1) is 0 Å². The van der Waals surface area contributed by atoms with Crippen molar-refractivity contribution in [3.05, 3.63) is 76.1 Å². The van der Waals surface area contributed by atoms with Gasteiger partial charge in [0.1, 0.15) is 11.6 Å². The van der Waals surface area contributed by atoms with Gasteiger partial charge in [-0.25, -0.2) is 0 Å². The minimum absolute atomic E-state index is 0.0833. The van der Waals surface area contributed by atoms with E-state index in [1.807, 2.05) is 46.3 Å². The van der Waals surface area contributed by atoms with Crippen LogP contribution < -0.4 is 14.8 Å². The summed E-state index contributed by atoms with van der Waals surface area (Å²) < 4.78 is 18.2. The Bertz CT molecular complexity index is 1190. The van der Waals surface area contributed by atoms with Crippen molar-refractivity contribution in [3.63, 3.8) is 0 Å². The minimum Gasteiger partial charge on any atom is -0.467 e. The van der Waals surface area contributed by atoms with Crippen molar-refractivity contribution in [1.82, 2.24) is 20.1 Å². The number of fused-ring (bicyclic) bond motifs is 1. The van der Waals surface area contributed by atoms with Crippen LogP contribution in [0.3, 0.4) is 0 Å². The molecule has 8 nitrogen and oxygen atoms in total. The van der Waals surface area contributed by atoms with E-state index in [9.17, 15) is 4.79 Å². The number of ether oxygens (including phenoxy) is 2. The van der Waals surface area contributed by atoms with Crippen LogP contribution in [0.5, 0.6) is 11.5 Å². The van der Waals surface area contributed by atoms with Gasteiger partial charge in [-0.1, -0.05) is 23.9 Å². The molecule has 1 aliphatic rings. The second kappa shape index (κ2) is 9.49. The zero-order valence-corrected chi connectivity index (χ0v) is 18.7. The summed E-state index contributed by atoms with van der Waals surface area (Å²) in [6.07, 6.45) is 2.33. The Morgan fingerprint density at radius 2 is 2.09 bits per heavy atom. The third kappa shape index (κ3) is 4.81. The highest BCUT2D eigenvalue weighted by Crippen LogP contribution is 2.32. The van der Waals surface area contributed by atoms with Gasteiger partial charge in [-0.05, 0) is 41.3 Å². The molecule has 1 N–H and O–H groups in total. The molecule has 0 fully saturated rings. The summed E-state index contributed by atoms with van der Waals surface area (Å²) in [7, 11) is 0. The normalized spacial score (nSPS) is 12.2. The molecule has 0 saturated carbocycles. The molecular weight excluding hydrogens is 448 g/mol. The summed E-state index contributed by atoms with van der Waals surface area (Å²) in [5.74, 6) is 3.23. The summed E-state index contributed by atoms with van der Waals surface area (Å²) in [6, 6.07) is 13.5. The lowest BCUT2D eigenvalue weighted by Crippen LogP contribution is -2.24. The molecule has 5 rings (SSSR count). The Morgan fingerprint density at radius 1 is 1.16 bits per heavy atom. The van der Waals surface area contributed by atoms with Gasteiger partial charge in [0.2, 0.25) is 12.7 Å². The third-order valence-corrected chi connectivity index (χ3v) is 6.70. The van der Waals surface area contributed by atoms with Crippen LogP contribution in [0.15, 0.2) is 63.7 Å². The summed E-state index contributed by atoms with van der Waals surface area (Å²) in [5.41, 5.74) is 0.951. The van der Waals surface area contributed by atoms with E-state index in [1.165, 1.54) is 16.6 Å². The lowest BCUT2D eigenvalue weighted by molar-refractivity contribution is -0.118. The maximum atomic E-state index is 12.5. The Labute approximate surface area is 192 Å². The van der Waals surface area contributed by atoms with Crippen molar-refractivity contribution in [2.75, 3.05) is 12.5 Å². The van der Waals surface area contributed by atoms with E-state index in [4.69, 9.17) is 13.9 Å². The molecular formula is C22H20N4O4S2. The molecule has 164 valence electrons. The number of thiophene rings is 1. The van der Waals surface area contributed by atoms with Crippen molar-refractivity contribution in [2.24, 2.45) is 0 Å². The molecule has 1 aliphatic heterocycles. The SMILES string of the molecule is O=C(CSc1nnc(Cc2cccs2)n1Cc1ccco1)NCc1ccc2c(c1)OCO2. The largest absolute Gasteiger partial charge is 0.467 e. The highest BCUT2D eigenvalue weighted by atomic mass is 32.2. The van der Waals surface area contributed by atoms with Crippen LogP contribution in [-0.2, 0) is 24.3 Å². The highest BCUT2D eigenvalue weighted by Gasteiger charge is 2.17. The average Bonchev–Trinajstić information content (AvgIpc) is 3.60. The summed E-state index contributed by atoms with van der Waals surface area (Å²) in [4.78, 5) is 13.7. The van der Waals surface area contributed by atoms with Crippen LogP contribution in [0.25, 0.3) is 0 Å². The monoisotopic (exact) mass is 468 g/mol. The highest BCUT2D eigenvalue weighted by molar-refractivity contribution is 7.99. The van der Waals surface area contributed by atoms with Crippen molar-refractivity contribution < 1.29 is 18.7 Å². The molecule has 3 aromatic heterocycles. The van der Waals surface area contributed by atoms with E-state index < -0.39 is 0 Å².